The van der Waals surface area contributed by atoms with Gasteiger partial charge in [-0.1, -0.05) is 0 Å². The molecule has 1 heterocycles. The standard InChI is InChI=1S/C14H27FN2O2/c1-13(2,3)17(12(18)19-14(4,5)6)11-9-16-8-7-10(11)15/h10-11,16H,7-9H2,1-6H3/t10-,11-/m1/s1. The first-order valence-electron chi connectivity index (χ1n) is 6.89. The minimum absolute atomic E-state index is 0.431. The molecular formula is C14H27FN2O2. The molecule has 0 bridgehead atoms. The van der Waals surface area contributed by atoms with E-state index in [2.05, 4.69) is 5.32 Å². The molecule has 1 amide bonds. The number of ether oxygens (including phenoxy) is 1. The maximum absolute atomic E-state index is 14.1. The molecule has 0 aromatic rings. The molecule has 0 aromatic carbocycles. The normalized spacial score (nSPS) is 25.0. The van der Waals surface area contributed by atoms with Crippen LogP contribution in [0.1, 0.15) is 48.0 Å². The zero-order valence-corrected chi connectivity index (χ0v) is 12.9. The largest absolute Gasteiger partial charge is 0.444 e. The molecule has 19 heavy (non-hydrogen) atoms. The number of rotatable bonds is 1. The summed E-state index contributed by atoms with van der Waals surface area (Å²) < 4.78 is 19.6. The van der Waals surface area contributed by atoms with E-state index in [0.29, 0.717) is 19.5 Å². The first-order valence-corrected chi connectivity index (χ1v) is 6.89. The number of nitrogens with one attached hydrogen (secondary N) is 1. The summed E-state index contributed by atoms with van der Waals surface area (Å²) in [5.74, 6) is 0. The van der Waals surface area contributed by atoms with Gasteiger partial charge in [0, 0.05) is 12.1 Å². The maximum atomic E-state index is 14.1. The molecule has 1 fully saturated rings. The monoisotopic (exact) mass is 274 g/mol. The van der Waals surface area contributed by atoms with Crippen LogP contribution in [0.15, 0.2) is 0 Å². The third-order valence-electron chi connectivity index (χ3n) is 3.01. The van der Waals surface area contributed by atoms with Gasteiger partial charge < -0.3 is 10.1 Å². The molecule has 1 aliphatic rings. The third-order valence-corrected chi connectivity index (χ3v) is 3.01. The zero-order chi connectivity index (χ0) is 14.8. The first kappa shape index (κ1) is 16.2. The summed E-state index contributed by atoms with van der Waals surface area (Å²) in [6, 6.07) is -0.469. The lowest BCUT2D eigenvalue weighted by Gasteiger charge is -2.44. The summed E-state index contributed by atoms with van der Waals surface area (Å²) in [4.78, 5) is 13.9. The lowest BCUT2D eigenvalue weighted by molar-refractivity contribution is -0.0254. The van der Waals surface area contributed by atoms with E-state index in [-0.39, 0.29) is 0 Å². The Morgan fingerprint density at radius 3 is 2.26 bits per heavy atom. The van der Waals surface area contributed by atoms with Gasteiger partial charge in [-0.15, -0.1) is 0 Å². The van der Waals surface area contributed by atoms with E-state index in [0.717, 1.165) is 0 Å². The molecular weight excluding hydrogens is 247 g/mol. The molecule has 1 N–H and O–H groups in total. The van der Waals surface area contributed by atoms with Crippen LogP contribution in [-0.4, -0.2) is 47.4 Å². The maximum Gasteiger partial charge on any atom is 0.411 e. The predicted molar refractivity (Wildman–Crippen MR) is 74.0 cm³/mol. The van der Waals surface area contributed by atoms with Gasteiger partial charge in [0.2, 0.25) is 0 Å². The Balaban J connectivity index is 2.92. The molecule has 0 saturated carbocycles. The second-order valence-corrected chi connectivity index (χ2v) is 7.10. The molecule has 0 unspecified atom stereocenters. The Kier molecular flexibility index (Phi) is 4.82. The lowest BCUT2D eigenvalue weighted by Crippen LogP contribution is -2.61. The van der Waals surface area contributed by atoms with Gasteiger partial charge in [0.1, 0.15) is 11.8 Å². The topological polar surface area (TPSA) is 41.6 Å². The van der Waals surface area contributed by atoms with E-state index < -0.39 is 29.4 Å². The van der Waals surface area contributed by atoms with Crippen molar-refractivity contribution in [3.63, 3.8) is 0 Å². The Hall–Kier alpha value is -0.840. The quantitative estimate of drug-likeness (QED) is 0.799. The van der Waals surface area contributed by atoms with E-state index in [1.54, 1.807) is 0 Å². The van der Waals surface area contributed by atoms with E-state index in [9.17, 15) is 9.18 Å². The van der Waals surface area contributed by atoms with Crippen LogP contribution in [0.3, 0.4) is 0 Å². The van der Waals surface area contributed by atoms with Crippen LogP contribution in [0.5, 0.6) is 0 Å². The fourth-order valence-electron chi connectivity index (χ4n) is 2.28. The molecule has 0 aromatic heterocycles. The fraction of sp³-hybridized carbons (Fsp3) is 0.929. The van der Waals surface area contributed by atoms with Gasteiger partial charge in [0.05, 0.1) is 6.04 Å². The highest BCUT2D eigenvalue weighted by Gasteiger charge is 2.41. The van der Waals surface area contributed by atoms with Crippen molar-refractivity contribution < 1.29 is 13.9 Å². The summed E-state index contributed by atoms with van der Waals surface area (Å²) in [5, 5.41) is 3.15. The van der Waals surface area contributed by atoms with Crippen molar-refractivity contribution in [1.82, 2.24) is 10.2 Å². The Labute approximate surface area is 115 Å². The second-order valence-electron chi connectivity index (χ2n) is 7.10. The molecule has 1 saturated heterocycles. The Morgan fingerprint density at radius 1 is 1.26 bits per heavy atom. The van der Waals surface area contributed by atoms with Gasteiger partial charge in [-0.25, -0.2) is 9.18 Å². The van der Waals surface area contributed by atoms with Crippen LogP contribution < -0.4 is 5.32 Å². The number of nitrogens with zero attached hydrogens (tertiary/aromatic N) is 1. The van der Waals surface area contributed by atoms with E-state index in [4.69, 9.17) is 4.74 Å². The molecule has 0 aliphatic carbocycles. The molecule has 1 rings (SSSR count). The average Bonchev–Trinajstić information content (AvgIpc) is 2.16. The molecule has 5 heteroatoms. The molecule has 2 atom stereocenters. The van der Waals surface area contributed by atoms with E-state index in [1.165, 1.54) is 4.90 Å². The lowest BCUT2D eigenvalue weighted by atomic mass is 9.97. The number of hydrogen-bond donors (Lipinski definition) is 1. The van der Waals surface area contributed by atoms with Crippen LogP contribution in [0, 0.1) is 0 Å². The van der Waals surface area contributed by atoms with Crippen LogP contribution >= 0.6 is 0 Å². The van der Waals surface area contributed by atoms with Gasteiger partial charge in [0.15, 0.2) is 0 Å². The summed E-state index contributed by atoms with van der Waals surface area (Å²) in [6.07, 6.45) is -1.02. The number of piperidine rings is 1. The van der Waals surface area contributed by atoms with Crippen molar-refractivity contribution >= 4 is 6.09 Å². The summed E-state index contributed by atoms with van der Waals surface area (Å²) in [6.45, 7) is 12.3. The van der Waals surface area contributed by atoms with Crippen molar-refractivity contribution in [2.45, 2.75) is 71.3 Å². The van der Waals surface area contributed by atoms with Crippen molar-refractivity contribution in [2.75, 3.05) is 13.1 Å². The van der Waals surface area contributed by atoms with Crippen LogP contribution in [0.4, 0.5) is 9.18 Å². The first-order chi connectivity index (χ1) is 8.52. The van der Waals surface area contributed by atoms with Crippen molar-refractivity contribution in [3.8, 4) is 0 Å². The van der Waals surface area contributed by atoms with Crippen LogP contribution in [0.25, 0.3) is 0 Å². The van der Waals surface area contributed by atoms with E-state index in [1.807, 2.05) is 41.5 Å². The van der Waals surface area contributed by atoms with Gasteiger partial charge >= 0.3 is 6.09 Å². The minimum Gasteiger partial charge on any atom is -0.444 e. The third kappa shape index (κ3) is 4.64. The highest BCUT2D eigenvalue weighted by molar-refractivity contribution is 5.69. The zero-order valence-electron chi connectivity index (χ0n) is 12.9. The molecule has 4 nitrogen and oxygen atoms in total. The summed E-state index contributed by atoms with van der Waals surface area (Å²) in [7, 11) is 0. The Bertz CT molecular complexity index is 320. The fourth-order valence-corrected chi connectivity index (χ4v) is 2.28. The molecule has 0 radical (unpaired) electrons. The van der Waals surface area contributed by atoms with Crippen molar-refractivity contribution in [2.24, 2.45) is 0 Å². The summed E-state index contributed by atoms with van der Waals surface area (Å²) >= 11 is 0. The smallest absolute Gasteiger partial charge is 0.411 e. The summed E-state index contributed by atoms with van der Waals surface area (Å²) in [5.41, 5.74) is -1.05. The number of amides is 1. The second kappa shape index (κ2) is 5.65. The highest BCUT2D eigenvalue weighted by Crippen LogP contribution is 2.26. The molecule has 112 valence electrons. The van der Waals surface area contributed by atoms with Gasteiger partial charge in [-0.3, -0.25) is 4.90 Å². The predicted octanol–water partition coefficient (Wildman–Crippen LogP) is 2.72. The van der Waals surface area contributed by atoms with Gasteiger partial charge in [-0.05, 0) is 54.5 Å². The number of carbonyl (C=O) groups is 1. The van der Waals surface area contributed by atoms with E-state index >= 15 is 0 Å². The number of carbonyl (C=O) groups excluding carboxylic acids is 1. The van der Waals surface area contributed by atoms with Gasteiger partial charge in [0.25, 0.3) is 0 Å². The molecule has 1 aliphatic heterocycles. The van der Waals surface area contributed by atoms with Crippen molar-refractivity contribution in [1.29, 1.82) is 0 Å². The Morgan fingerprint density at radius 2 is 1.84 bits per heavy atom. The number of alkyl halides is 1. The van der Waals surface area contributed by atoms with Crippen LogP contribution in [-0.2, 0) is 4.74 Å². The number of hydrogen-bond acceptors (Lipinski definition) is 3. The van der Waals surface area contributed by atoms with Crippen molar-refractivity contribution in [3.05, 3.63) is 0 Å². The minimum atomic E-state index is -1.01. The van der Waals surface area contributed by atoms with Crippen LogP contribution in [0.2, 0.25) is 0 Å². The van der Waals surface area contributed by atoms with Gasteiger partial charge in [-0.2, -0.15) is 0 Å². The molecule has 0 spiro atoms. The number of halogens is 1. The average molecular weight is 274 g/mol. The highest BCUT2D eigenvalue weighted by atomic mass is 19.1. The SMILES string of the molecule is CC(C)(C)OC(=O)N([C@@H]1CNCC[C@H]1F)C(C)(C)C.